The van der Waals surface area contributed by atoms with E-state index in [1.165, 1.54) is 23.6 Å². The number of halogens is 2. The van der Waals surface area contributed by atoms with Gasteiger partial charge in [-0.2, -0.15) is 0 Å². The van der Waals surface area contributed by atoms with Crippen LogP contribution < -0.4 is 0 Å². The fourth-order valence-corrected chi connectivity index (χ4v) is 2.66. The summed E-state index contributed by atoms with van der Waals surface area (Å²) in [4.78, 5) is 4.45. The molecule has 5 heteroatoms. The zero-order valence-electron chi connectivity index (χ0n) is 7.52. The van der Waals surface area contributed by atoms with Gasteiger partial charge in [0.15, 0.2) is 0 Å². The van der Waals surface area contributed by atoms with Crippen LogP contribution in [-0.4, -0.2) is 10.1 Å². The fourth-order valence-electron chi connectivity index (χ4n) is 1.22. The highest BCUT2D eigenvalue weighted by molar-refractivity contribution is 9.11. The van der Waals surface area contributed by atoms with Crippen molar-refractivity contribution in [1.82, 2.24) is 4.98 Å². The monoisotopic (exact) mass is 287 g/mol. The molecule has 2 heterocycles. The molecule has 2 rings (SSSR count). The van der Waals surface area contributed by atoms with Gasteiger partial charge in [0.25, 0.3) is 0 Å². The lowest BCUT2D eigenvalue weighted by atomic mass is 10.1. The van der Waals surface area contributed by atoms with Gasteiger partial charge in [-0.05, 0) is 34.1 Å². The van der Waals surface area contributed by atoms with E-state index >= 15 is 0 Å². The molecular formula is C10H7BrFNOS. The first-order valence-electron chi connectivity index (χ1n) is 4.20. The van der Waals surface area contributed by atoms with Crippen LogP contribution in [0, 0.1) is 5.82 Å². The average Bonchev–Trinajstić information content (AvgIpc) is 2.64. The number of nitrogens with zero attached hydrogens (tertiary/aromatic N) is 1. The summed E-state index contributed by atoms with van der Waals surface area (Å²) in [5, 5.41) is 9.91. The number of hydrogen-bond donors (Lipinski definition) is 1. The van der Waals surface area contributed by atoms with Gasteiger partial charge in [0, 0.05) is 16.6 Å². The summed E-state index contributed by atoms with van der Waals surface area (Å²) in [6.45, 7) is 0. The second kappa shape index (κ2) is 4.38. The van der Waals surface area contributed by atoms with Gasteiger partial charge in [-0.25, -0.2) is 4.39 Å². The lowest BCUT2D eigenvalue weighted by Gasteiger charge is -2.07. The van der Waals surface area contributed by atoms with Crippen molar-refractivity contribution in [2.45, 2.75) is 6.10 Å². The molecular weight excluding hydrogens is 281 g/mol. The molecule has 0 aliphatic heterocycles. The van der Waals surface area contributed by atoms with Gasteiger partial charge in [0.05, 0.1) is 9.98 Å². The van der Waals surface area contributed by atoms with Crippen molar-refractivity contribution in [1.29, 1.82) is 0 Å². The standard InChI is InChI=1S/C10H7BrFNOS/c11-9-2-1-8(15-9)10(14)6-3-7(12)5-13-4-6/h1-5,10,14H. The second-order valence-electron chi connectivity index (χ2n) is 2.98. The summed E-state index contributed by atoms with van der Waals surface area (Å²) < 4.78 is 13.8. The Morgan fingerprint density at radius 3 is 2.80 bits per heavy atom. The van der Waals surface area contributed by atoms with Crippen molar-refractivity contribution in [3.8, 4) is 0 Å². The highest BCUT2D eigenvalue weighted by atomic mass is 79.9. The van der Waals surface area contributed by atoms with Gasteiger partial charge in [-0.15, -0.1) is 11.3 Å². The van der Waals surface area contributed by atoms with Crippen LogP contribution in [0.4, 0.5) is 4.39 Å². The number of aliphatic hydroxyl groups excluding tert-OH is 1. The normalized spacial score (nSPS) is 12.7. The Kier molecular flexibility index (Phi) is 3.14. The van der Waals surface area contributed by atoms with E-state index in [0.29, 0.717) is 5.56 Å². The molecule has 1 atom stereocenters. The molecule has 2 nitrogen and oxygen atoms in total. The Labute approximate surface area is 98.5 Å². The van der Waals surface area contributed by atoms with Crippen LogP contribution in [0.3, 0.4) is 0 Å². The zero-order valence-corrected chi connectivity index (χ0v) is 9.93. The van der Waals surface area contributed by atoms with Crippen LogP contribution in [0.15, 0.2) is 34.4 Å². The van der Waals surface area contributed by atoms with Crippen LogP contribution in [0.2, 0.25) is 0 Å². The molecule has 2 aromatic rings. The number of hydrogen-bond acceptors (Lipinski definition) is 3. The summed E-state index contributed by atoms with van der Waals surface area (Å²) in [5.41, 5.74) is 0.462. The summed E-state index contributed by atoms with van der Waals surface area (Å²) in [7, 11) is 0. The predicted molar refractivity (Wildman–Crippen MR) is 60.3 cm³/mol. The van der Waals surface area contributed by atoms with Gasteiger partial charge in [0.2, 0.25) is 0 Å². The summed E-state index contributed by atoms with van der Waals surface area (Å²) in [6, 6.07) is 4.92. The third-order valence-corrected chi connectivity index (χ3v) is 3.58. The van der Waals surface area contributed by atoms with Gasteiger partial charge in [-0.3, -0.25) is 4.98 Å². The number of aromatic nitrogens is 1. The topological polar surface area (TPSA) is 33.1 Å². The van der Waals surface area contributed by atoms with Gasteiger partial charge in [-0.1, -0.05) is 0 Å². The molecule has 0 fully saturated rings. The van der Waals surface area contributed by atoms with E-state index in [2.05, 4.69) is 20.9 Å². The summed E-state index contributed by atoms with van der Waals surface area (Å²) in [6.07, 6.45) is 1.76. The maximum absolute atomic E-state index is 12.9. The maximum Gasteiger partial charge on any atom is 0.141 e. The number of aliphatic hydroxyl groups is 1. The molecule has 0 spiro atoms. The lowest BCUT2D eigenvalue weighted by molar-refractivity contribution is 0.223. The van der Waals surface area contributed by atoms with Crippen molar-refractivity contribution in [2.24, 2.45) is 0 Å². The number of rotatable bonds is 2. The van der Waals surface area contributed by atoms with Crippen molar-refractivity contribution in [3.05, 3.63) is 50.6 Å². The minimum absolute atomic E-state index is 0.442. The van der Waals surface area contributed by atoms with E-state index in [4.69, 9.17) is 0 Å². The Morgan fingerprint density at radius 2 is 2.20 bits per heavy atom. The molecule has 0 amide bonds. The molecule has 0 saturated carbocycles. The van der Waals surface area contributed by atoms with Crippen molar-refractivity contribution in [2.75, 3.05) is 0 Å². The quantitative estimate of drug-likeness (QED) is 0.921. The largest absolute Gasteiger partial charge is 0.383 e. The molecule has 0 aromatic carbocycles. The first-order valence-corrected chi connectivity index (χ1v) is 5.81. The Balaban J connectivity index is 2.32. The molecule has 0 radical (unpaired) electrons. The molecule has 15 heavy (non-hydrogen) atoms. The molecule has 1 N–H and O–H groups in total. The summed E-state index contributed by atoms with van der Waals surface area (Å²) >= 11 is 4.72. The lowest BCUT2D eigenvalue weighted by Crippen LogP contribution is -1.98. The van der Waals surface area contributed by atoms with E-state index in [1.807, 2.05) is 6.07 Å². The van der Waals surface area contributed by atoms with Gasteiger partial charge in [0.1, 0.15) is 11.9 Å². The van der Waals surface area contributed by atoms with E-state index in [9.17, 15) is 9.50 Å². The number of pyridine rings is 1. The zero-order chi connectivity index (χ0) is 10.8. The molecule has 0 aliphatic rings. The van der Waals surface area contributed by atoms with E-state index in [1.54, 1.807) is 6.07 Å². The van der Waals surface area contributed by atoms with Crippen LogP contribution >= 0.6 is 27.3 Å². The molecule has 0 bridgehead atoms. The molecule has 1 unspecified atom stereocenters. The minimum atomic E-state index is -0.815. The van der Waals surface area contributed by atoms with Crippen LogP contribution in [-0.2, 0) is 0 Å². The van der Waals surface area contributed by atoms with E-state index in [-0.39, 0.29) is 0 Å². The second-order valence-corrected chi connectivity index (χ2v) is 5.48. The van der Waals surface area contributed by atoms with Gasteiger partial charge < -0.3 is 5.11 Å². The SMILES string of the molecule is OC(c1cncc(F)c1)c1ccc(Br)s1. The fraction of sp³-hybridized carbons (Fsp3) is 0.100. The van der Waals surface area contributed by atoms with Crippen molar-refractivity contribution in [3.63, 3.8) is 0 Å². The Morgan fingerprint density at radius 1 is 1.40 bits per heavy atom. The third-order valence-electron chi connectivity index (χ3n) is 1.91. The highest BCUT2D eigenvalue weighted by Gasteiger charge is 2.13. The minimum Gasteiger partial charge on any atom is -0.383 e. The Hall–Kier alpha value is -0.780. The van der Waals surface area contributed by atoms with Crippen LogP contribution in [0.1, 0.15) is 16.5 Å². The van der Waals surface area contributed by atoms with Crippen LogP contribution in [0.5, 0.6) is 0 Å². The van der Waals surface area contributed by atoms with Gasteiger partial charge >= 0.3 is 0 Å². The smallest absolute Gasteiger partial charge is 0.141 e. The number of thiophene rings is 1. The highest BCUT2D eigenvalue weighted by Crippen LogP contribution is 2.30. The first-order chi connectivity index (χ1) is 7.16. The molecule has 0 saturated heterocycles. The molecule has 2 aromatic heterocycles. The molecule has 78 valence electrons. The van der Waals surface area contributed by atoms with Crippen molar-refractivity contribution < 1.29 is 9.50 Å². The third kappa shape index (κ3) is 2.42. The van der Waals surface area contributed by atoms with Crippen molar-refractivity contribution >= 4 is 27.3 Å². The average molecular weight is 288 g/mol. The van der Waals surface area contributed by atoms with E-state index in [0.717, 1.165) is 14.9 Å². The maximum atomic E-state index is 12.9. The summed E-state index contributed by atoms with van der Waals surface area (Å²) in [5.74, 6) is -0.442. The van der Waals surface area contributed by atoms with E-state index < -0.39 is 11.9 Å². The molecule has 0 aliphatic carbocycles. The first kappa shape index (κ1) is 10.7. The Bertz CT molecular complexity index is 474. The van der Waals surface area contributed by atoms with Crippen LogP contribution in [0.25, 0.3) is 0 Å². The predicted octanol–water partition coefficient (Wildman–Crippen LogP) is 3.13.